The van der Waals surface area contributed by atoms with Gasteiger partial charge in [0.2, 0.25) is 5.92 Å². The van der Waals surface area contributed by atoms with E-state index in [1.807, 2.05) is 0 Å². The summed E-state index contributed by atoms with van der Waals surface area (Å²) in [5, 5.41) is 20.0. The van der Waals surface area contributed by atoms with Crippen molar-refractivity contribution in [2.45, 2.75) is 51.0 Å². The van der Waals surface area contributed by atoms with Gasteiger partial charge in [0.15, 0.2) is 5.82 Å². The largest absolute Gasteiger partial charge is 0.481 e. The first-order valence-electron chi connectivity index (χ1n) is 6.26. The number of carboxylic acid groups (broad SMARTS) is 1. The zero-order valence-electron chi connectivity index (χ0n) is 10.6. The van der Waals surface area contributed by atoms with Crippen molar-refractivity contribution in [1.29, 1.82) is 0 Å². The van der Waals surface area contributed by atoms with Crippen LogP contribution < -0.4 is 0 Å². The van der Waals surface area contributed by atoms with Gasteiger partial charge in [-0.25, -0.2) is 13.5 Å². The number of nitrogens with zero attached hydrogens (tertiary/aromatic N) is 4. The summed E-state index contributed by atoms with van der Waals surface area (Å²) in [6.07, 6.45) is 0.321. The quantitative estimate of drug-likeness (QED) is 0.903. The van der Waals surface area contributed by atoms with Crippen molar-refractivity contribution >= 4 is 5.97 Å². The maximum absolute atomic E-state index is 13.1. The summed E-state index contributed by atoms with van der Waals surface area (Å²) in [4.78, 5) is 10.8. The van der Waals surface area contributed by atoms with Crippen LogP contribution in [0.2, 0.25) is 0 Å². The zero-order chi connectivity index (χ0) is 14.0. The van der Waals surface area contributed by atoms with Gasteiger partial charge in [-0.3, -0.25) is 4.79 Å². The Bertz CT molecular complexity index is 453. The number of aliphatic carboxylic acids is 1. The molecule has 106 valence electrons. The molecule has 0 amide bonds. The second-order valence-electron chi connectivity index (χ2n) is 5.09. The van der Waals surface area contributed by atoms with E-state index >= 15 is 0 Å². The highest BCUT2D eigenvalue weighted by molar-refractivity contribution is 5.69. The van der Waals surface area contributed by atoms with Crippen molar-refractivity contribution in [1.82, 2.24) is 20.2 Å². The lowest BCUT2D eigenvalue weighted by Gasteiger charge is -2.27. The Labute approximate surface area is 108 Å². The number of halogens is 2. The van der Waals surface area contributed by atoms with E-state index in [0.717, 1.165) is 0 Å². The molecule has 0 saturated heterocycles. The molecule has 1 aromatic heterocycles. The molecule has 8 heteroatoms. The molecule has 1 heterocycles. The number of aromatic nitrogens is 4. The standard InChI is InChI=1S/C11H16F2N4O2/c1-7(10(18)19)6-17-9(14-15-16-17)8-2-4-11(12,13)5-3-8/h7-8H,2-6H2,1H3,(H,18,19). The van der Waals surface area contributed by atoms with Crippen LogP contribution in [0.4, 0.5) is 8.78 Å². The third-order valence-electron chi connectivity index (χ3n) is 3.51. The van der Waals surface area contributed by atoms with Gasteiger partial charge < -0.3 is 5.11 Å². The number of hydrogen-bond acceptors (Lipinski definition) is 4. The van der Waals surface area contributed by atoms with Crippen LogP contribution in [-0.4, -0.2) is 37.2 Å². The lowest BCUT2D eigenvalue weighted by Crippen LogP contribution is -2.26. The summed E-state index contributed by atoms with van der Waals surface area (Å²) < 4.78 is 27.6. The Kier molecular flexibility index (Phi) is 3.77. The Hall–Kier alpha value is -1.60. The summed E-state index contributed by atoms with van der Waals surface area (Å²) in [6.45, 7) is 1.72. The molecule has 19 heavy (non-hydrogen) atoms. The average molecular weight is 274 g/mol. The SMILES string of the molecule is CC(Cn1nnnc1C1CCC(F)(F)CC1)C(=O)O. The molecular weight excluding hydrogens is 258 g/mol. The van der Waals surface area contributed by atoms with Gasteiger partial charge >= 0.3 is 5.97 Å². The normalized spacial score (nSPS) is 21.2. The second kappa shape index (κ2) is 5.18. The molecule has 2 rings (SSSR count). The van der Waals surface area contributed by atoms with Crippen LogP contribution in [0, 0.1) is 5.92 Å². The number of tetrazole rings is 1. The predicted octanol–water partition coefficient (Wildman–Crippen LogP) is 1.69. The smallest absolute Gasteiger partial charge is 0.308 e. The van der Waals surface area contributed by atoms with E-state index in [0.29, 0.717) is 18.7 Å². The molecule has 1 atom stereocenters. The molecule has 1 unspecified atom stereocenters. The van der Waals surface area contributed by atoms with Crippen molar-refractivity contribution in [2.24, 2.45) is 5.92 Å². The van der Waals surface area contributed by atoms with Crippen molar-refractivity contribution < 1.29 is 18.7 Å². The van der Waals surface area contributed by atoms with Gasteiger partial charge in [0.1, 0.15) is 0 Å². The van der Waals surface area contributed by atoms with E-state index in [4.69, 9.17) is 5.11 Å². The Morgan fingerprint density at radius 1 is 1.53 bits per heavy atom. The van der Waals surface area contributed by atoms with Gasteiger partial charge in [-0.15, -0.1) is 5.10 Å². The average Bonchev–Trinajstić information content (AvgIpc) is 2.77. The van der Waals surface area contributed by atoms with E-state index in [2.05, 4.69) is 15.5 Å². The fraction of sp³-hybridized carbons (Fsp3) is 0.818. The number of hydrogen-bond donors (Lipinski definition) is 1. The third-order valence-corrected chi connectivity index (χ3v) is 3.51. The van der Waals surface area contributed by atoms with E-state index < -0.39 is 17.8 Å². The number of carboxylic acids is 1. The first kappa shape index (κ1) is 13.8. The minimum Gasteiger partial charge on any atom is -0.481 e. The number of alkyl halides is 2. The summed E-state index contributed by atoms with van der Waals surface area (Å²) in [5.74, 6) is -3.74. The van der Waals surface area contributed by atoms with Gasteiger partial charge in [0.25, 0.3) is 0 Å². The van der Waals surface area contributed by atoms with E-state index in [9.17, 15) is 13.6 Å². The molecule has 0 aromatic carbocycles. The van der Waals surface area contributed by atoms with Crippen LogP contribution in [0.5, 0.6) is 0 Å². The molecule has 1 saturated carbocycles. The van der Waals surface area contributed by atoms with Gasteiger partial charge in [-0.2, -0.15) is 0 Å². The van der Waals surface area contributed by atoms with Crippen molar-refractivity contribution in [3.8, 4) is 0 Å². The lowest BCUT2D eigenvalue weighted by molar-refractivity contribution is -0.141. The molecular formula is C11H16F2N4O2. The molecule has 6 nitrogen and oxygen atoms in total. The molecule has 0 radical (unpaired) electrons. The number of carbonyl (C=O) groups is 1. The summed E-state index contributed by atoms with van der Waals surface area (Å²) in [7, 11) is 0. The van der Waals surface area contributed by atoms with E-state index in [1.54, 1.807) is 6.92 Å². The summed E-state index contributed by atoms with van der Waals surface area (Å²) in [5.41, 5.74) is 0. The van der Waals surface area contributed by atoms with Crippen LogP contribution in [0.25, 0.3) is 0 Å². The number of rotatable bonds is 4. The Balaban J connectivity index is 2.06. The van der Waals surface area contributed by atoms with Crippen LogP contribution >= 0.6 is 0 Å². The van der Waals surface area contributed by atoms with Crippen LogP contribution in [0.15, 0.2) is 0 Å². The van der Waals surface area contributed by atoms with Crippen molar-refractivity contribution in [3.63, 3.8) is 0 Å². The minimum absolute atomic E-state index is 0.115. The van der Waals surface area contributed by atoms with E-state index in [-0.39, 0.29) is 25.3 Å². The second-order valence-corrected chi connectivity index (χ2v) is 5.09. The first-order valence-corrected chi connectivity index (χ1v) is 6.26. The highest BCUT2D eigenvalue weighted by Gasteiger charge is 2.37. The molecule has 1 aliphatic rings. The van der Waals surface area contributed by atoms with Gasteiger partial charge in [-0.1, -0.05) is 6.92 Å². The van der Waals surface area contributed by atoms with Crippen LogP contribution in [0.3, 0.4) is 0 Å². The predicted molar refractivity (Wildman–Crippen MR) is 60.8 cm³/mol. The lowest BCUT2D eigenvalue weighted by atomic mass is 9.86. The van der Waals surface area contributed by atoms with Gasteiger partial charge in [0, 0.05) is 18.8 Å². The molecule has 1 aliphatic carbocycles. The Morgan fingerprint density at radius 2 is 2.16 bits per heavy atom. The first-order chi connectivity index (χ1) is 8.89. The van der Waals surface area contributed by atoms with Crippen LogP contribution in [-0.2, 0) is 11.3 Å². The van der Waals surface area contributed by atoms with Crippen LogP contribution in [0.1, 0.15) is 44.3 Å². The monoisotopic (exact) mass is 274 g/mol. The van der Waals surface area contributed by atoms with E-state index in [1.165, 1.54) is 4.68 Å². The van der Waals surface area contributed by atoms with Crippen molar-refractivity contribution in [2.75, 3.05) is 0 Å². The molecule has 1 N–H and O–H groups in total. The van der Waals surface area contributed by atoms with Crippen molar-refractivity contribution in [3.05, 3.63) is 5.82 Å². The zero-order valence-corrected chi connectivity index (χ0v) is 10.6. The van der Waals surface area contributed by atoms with Gasteiger partial charge in [0.05, 0.1) is 12.5 Å². The maximum atomic E-state index is 13.1. The molecule has 0 aliphatic heterocycles. The fourth-order valence-corrected chi connectivity index (χ4v) is 2.27. The molecule has 1 aromatic rings. The maximum Gasteiger partial charge on any atom is 0.308 e. The Morgan fingerprint density at radius 3 is 2.74 bits per heavy atom. The topological polar surface area (TPSA) is 80.9 Å². The summed E-state index contributed by atoms with van der Waals surface area (Å²) in [6, 6.07) is 0. The fourth-order valence-electron chi connectivity index (χ4n) is 2.27. The molecule has 0 bridgehead atoms. The molecule has 0 spiro atoms. The molecule has 1 fully saturated rings. The minimum atomic E-state index is -2.59. The highest BCUT2D eigenvalue weighted by Crippen LogP contribution is 2.40. The highest BCUT2D eigenvalue weighted by atomic mass is 19.3. The van der Waals surface area contributed by atoms with Gasteiger partial charge in [-0.05, 0) is 23.3 Å². The summed E-state index contributed by atoms with van der Waals surface area (Å²) >= 11 is 0. The third kappa shape index (κ3) is 3.24.